The van der Waals surface area contributed by atoms with Crippen LogP contribution < -0.4 is 10.6 Å². The van der Waals surface area contributed by atoms with E-state index in [0.29, 0.717) is 23.3 Å². The topological polar surface area (TPSA) is 102 Å². The van der Waals surface area contributed by atoms with E-state index in [2.05, 4.69) is 20.8 Å². The third-order valence-electron chi connectivity index (χ3n) is 4.67. The average molecular weight is 448 g/mol. The number of benzene rings is 2. The number of amides is 3. The molecular weight excluding hydrogens is 426 g/mol. The Morgan fingerprint density at radius 1 is 1.00 bits per heavy atom. The van der Waals surface area contributed by atoms with Gasteiger partial charge in [-0.05, 0) is 23.3 Å². The largest absolute Gasteiger partial charge is 0.461 e. The van der Waals surface area contributed by atoms with E-state index >= 15 is 0 Å². The molecule has 0 aliphatic rings. The number of imide groups is 1. The summed E-state index contributed by atoms with van der Waals surface area (Å²) in [6, 6.07) is 22.2. The molecule has 0 saturated heterocycles. The molecule has 2 aromatic heterocycles. The van der Waals surface area contributed by atoms with Crippen LogP contribution in [0.5, 0.6) is 0 Å². The summed E-state index contributed by atoms with van der Waals surface area (Å²) in [7, 11) is 1.46. The Morgan fingerprint density at radius 2 is 1.72 bits per heavy atom. The number of thioether (sulfide) groups is 1. The number of nitrogens with one attached hydrogen (secondary N) is 2. The predicted octanol–water partition coefficient (Wildman–Crippen LogP) is 3.88. The van der Waals surface area contributed by atoms with Crippen molar-refractivity contribution in [3.63, 3.8) is 0 Å². The molecule has 2 N–H and O–H groups in total. The Kier molecular flexibility index (Phi) is 6.66. The lowest BCUT2D eigenvalue weighted by Gasteiger charge is -2.17. The zero-order chi connectivity index (χ0) is 22.3. The lowest BCUT2D eigenvalue weighted by molar-refractivity contribution is -0.119. The van der Waals surface area contributed by atoms with Crippen LogP contribution in [0.3, 0.4) is 0 Å². The van der Waals surface area contributed by atoms with Gasteiger partial charge in [-0.2, -0.15) is 0 Å². The van der Waals surface area contributed by atoms with E-state index in [1.165, 1.54) is 18.8 Å². The van der Waals surface area contributed by atoms with Crippen molar-refractivity contribution in [3.8, 4) is 11.6 Å². The summed E-state index contributed by atoms with van der Waals surface area (Å²) in [5, 5.41) is 13.3. The van der Waals surface area contributed by atoms with Crippen molar-refractivity contribution in [1.29, 1.82) is 0 Å². The second-order valence-corrected chi connectivity index (χ2v) is 7.90. The molecule has 0 radical (unpaired) electrons. The molecule has 0 aliphatic carbocycles. The van der Waals surface area contributed by atoms with Gasteiger partial charge in [0, 0.05) is 7.05 Å². The molecule has 3 amide bonds. The molecule has 0 fully saturated rings. The highest BCUT2D eigenvalue weighted by Crippen LogP contribution is 2.36. The third-order valence-corrected chi connectivity index (χ3v) is 5.90. The molecule has 162 valence electrons. The zero-order valence-corrected chi connectivity index (χ0v) is 18.1. The van der Waals surface area contributed by atoms with Gasteiger partial charge < -0.3 is 9.73 Å². The first-order valence-electron chi connectivity index (χ1n) is 9.91. The van der Waals surface area contributed by atoms with E-state index in [4.69, 9.17) is 4.42 Å². The van der Waals surface area contributed by atoms with Gasteiger partial charge in [-0.15, -0.1) is 10.2 Å². The van der Waals surface area contributed by atoms with Gasteiger partial charge in [-0.25, -0.2) is 4.79 Å². The number of rotatable bonds is 7. The molecular formula is C23H21N5O3S. The van der Waals surface area contributed by atoms with Crippen LogP contribution in [-0.4, -0.2) is 33.8 Å². The summed E-state index contributed by atoms with van der Waals surface area (Å²) in [5.74, 6) is 0.681. The Bertz CT molecular complexity index is 1180. The van der Waals surface area contributed by atoms with Crippen LogP contribution >= 0.6 is 11.8 Å². The minimum absolute atomic E-state index is 0.450. The lowest BCUT2D eigenvalue weighted by atomic mass is 10.1. The molecule has 1 atom stereocenters. The Morgan fingerprint density at radius 3 is 2.38 bits per heavy atom. The number of hydrogen-bond acceptors (Lipinski definition) is 6. The van der Waals surface area contributed by atoms with Gasteiger partial charge in [-0.3, -0.25) is 14.7 Å². The van der Waals surface area contributed by atoms with Crippen molar-refractivity contribution in [2.75, 3.05) is 7.05 Å². The van der Waals surface area contributed by atoms with Crippen LogP contribution in [0.15, 0.2) is 88.6 Å². The number of urea groups is 1. The highest BCUT2D eigenvalue weighted by Gasteiger charge is 2.27. The fourth-order valence-corrected chi connectivity index (χ4v) is 4.15. The molecule has 2 aromatic carbocycles. The van der Waals surface area contributed by atoms with Crippen molar-refractivity contribution < 1.29 is 14.0 Å². The molecule has 4 rings (SSSR count). The van der Waals surface area contributed by atoms with Crippen molar-refractivity contribution in [1.82, 2.24) is 25.4 Å². The summed E-state index contributed by atoms with van der Waals surface area (Å²) in [6.07, 6.45) is 1.58. The fraction of sp³-hybridized carbons (Fsp3) is 0.130. The van der Waals surface area contributed by atoms with E-state index in [9.17, 15) is 9.59 Å². The number of nitrogens with zero attached hydrogens (tertiary/aromatic N) is 3. The van der Waals surface area contributed by atoms with Gasteiger partial charge in [0.15, 0.2) is 10.9 Å². The van der Waals surface area contributed by atoms with E-state index in [1.54, 1.807) is 12.3 Å². The molecule has 2 heterocycles. The maximum atomic E-state index is 13.0. The highest BCUT2D eigenvalue weighted by molar-refractivity contribution is 8.00. The number of hydrogen-bond donors (Lipinski definition) is 2. The van der Waals surface area contributed by atoms with Crippen molar-refractivity contribution in [3.05, 3.63) is 90.2 Å². The van der Waals surface area contributed by atoms with E-state index in [-0.39, 0.29) is 0 Å². The van der Waals surface area contributed by atoms with Crippen molar-refractivity contribution >= 4 is 23.7 Å². The normalized spacial score (nSPS) is 11.7. The first-order chi connectivity index (χ1) is 15.7. The Balaban J connectivity index is 1.71. The first-order valence-corrected chi connectivity index (χ1v) is 10.8. The van der Waals surface area contributed by atoms with Gasteiger partial charge in [0.2, 0.25) is 11.7 Å². The van der Waals surface area contributed by atoms with E-state index in [1.807, 2.05) is 71.3 Å². The predicted molar refractivity (Wildman–Crippen MR) is 121 cm³/mol. The monoisotopic (exact) mass is 447 g/mol. The number of carbonyl (C=O) groups excluding carboxylic acids is 2. The summed E-state index contributed by atoms with van der Waals surface area (Å²) in [6.45, 7) is 0.491. The summed E-state index contributed by atoms with van der Waals surface area (Å²) < 4.78 is 7.46. The molecule has 32 heavy (non-hydrogen) atoms. The third kappa shape index (κ3) is 4.89. The van der Waals surface area contributed by atoms with Gasteiger partial charge in [0.05, 0.1) is 12.8 Å². The molecule has 0 aliphatic heterocycles. The molecule has 0 unspecified atom stereocenters. The fourth-order valence-electron chi connectivity index (χ4n) is 3.12. The minimum Gasteiger partial charge on any atom is -0.461 e. The van der Waals surface area contributed by atoms with E-state index in [0.717, 1.165) is 11.1 Å². The molecule has 0 bridgehead atoms. The number of furan rings is 1. The molecule has 8 nitrogen and oxygen atoms in total. The Labute approximate surface area is 189 Å². The summed E-state index contributed by atoms with van der Waals surface area (Å²) in [4.78, 5) is 24.7. The summed E-state index contributed by atoms with van der Waals surface area (Å²) in [5.41, 5.74) is 1.79. The van der Waals surface area contributed by atoms with Gasteiger partial charge in [0.1, 0.15) is 5.25 Å². The van der Waals surface area contributed by atoms with Gasteiger partial charge in [-0.1, -0.05) is 72.4 Å². The maximum absolute atomic E-state index is 13.0. The van der Waals surface area contributed by atoms with Crippen LogP contribution in [0.2, 0.25) is 0 Å². The van der Waals surface area contributed by atoms with Crippen LogP contribution in [0, 0.1) is 0 Å². The molecule has 9 heteroatoms. The SMILES string of the molecule is CNC(=O)NC(=O)[C@@H](Sc1nnc(-c2ccco2)n1Cc1ccccc1)c1ccccc1. The van der Waals surface area contributed by atoms with Crippen LogP contribution in [0.1, 0.15) is 16.4 Å². The van der Waals surface area contributed by atoms with Crippen LogP contribution in [0.4, 0.5) is 4.79 Å². The zero-order valence-electron chi connectivity index (χ0n) is 17.3. The lowest BCUT2D eigenvalue weighted by Crippen LogP contribution is -2.39. The smallest absolute Gasteiger partial charge is 0.321 e. The second-order valence-electron chi connectivity index (χ2n) is 6.83. The van der Waals surface area contributed by atoms with Crippen LogP contribution in [-0.2, 0) is 11.3 Å². The minimum atomic E-state index is -0.711. The first kappa shape index (κ1) is 21.4. The molecule has 4 aromatic rings. The van der Waals surface area contributed by atoms with E-state index < -0.39 is 17.2 Å². The second kappa shape index (κ2) is 9.97. The summed E-state index contributed by atoms with van der Waals surface area (Å²) >= 11 is 1.22. The van der Waals surface area contributed by atoms with Crippen molar-refractivity contribution in [2.24, 2.45) is 0 Å². The van der Waals surface area contributed by atoms with Gasteiger partial charge in [0.25, 0.3) is 0 Å². The maximum Gasteiger partial charge on any atom is 0.321 e. The average Bonchev–Trinajstić information content (AvgIpc) is 3.49. The highest BCUT2D eigenvalue weighted by atomic mass is 32.2. The molecule has 0 saturated carbocycles. The van der Waals surface area contributed by atoms with Crippen LogP contribution in [0.25, 0.3) is 11.6 Å². The quantitative estimate of drug-likeness (QED) is 0.417. The number of aromatic nitrogens is 3. The Hall–Kier alpha value is -3.85. The number of carbonyl (C=O) groups is 2. The van der Waals surface area contributed by atoms with Crippen molar-refractivity contribution in [2.45, 2.75) is 17.0 Å². The van der Waals surface area contributed by atoms with Gasteiger partial charge >= 0.3 is 6.03 Å². The standard InChI is InChI=1S/C23H21N5O3S/c1-24-22(30)25-21(29)19(17-11-6-3-7-12-17)32-23-27-26-20(18-13-8-14-31-18)28(23)15-16-9-4-2-5-10-16/h2-14,19H,15H2,1H3,(H2,24,25,29,30)/t19-/m0/s1. The molecule has 0 spiro atoms.